The van der Waals surface area contributed by atoms with Gasteiger partial charge in [0, 0.05) is 31.7 Å². The lowest BCUT2D eigenvalue weighted by molar-refractivity contribution is 0.101. The second-order valence-corrected chi connectivity index (χ2v) is 6.57. The Morgan fingerprint density at radius 3 is 2.52 bits per heavy atom. The summed E-state index contributed by atoms with van der Waals surface area (Å²) >= 11 is 0. The van der Waals surface area contributed by atoms with Crippen LogP contribution >= 0.6 is 0 Å². The van der Waals surface area contributed by atoms with Crippen LogP contribution in [0.5, 0.6) is 0 Å². The summed E-state index contributed by atoms with van der Waals surface area (Å²) in [4.78, 5) is 4.88. The number of benzene rings is 1. The Bertz CT molecular complexity index is 440. The van der Waals surface area contributed by atoms with Crippen LogP contribution in [0.4, 0.5) is 0 Å². The monoisotopic (exact) mass is 290 g/mol. The summed E-state index contributed by atoms with van der Waals surface area (Å²) in [6, 6.07) is 7.41. The number of hydrogen-bond acceptors (Lipinski definition) is 4. The fourth-order valence-electron chi connectivity index (χ4n) is 3.31. The molecule has 0 radical (unpaired) electrons. The van der Waals surface area contributed by atoms with Gasteiger partial charge in [0.15, 0.2) is 0 Å². The zero-order valence-corrected chi connectivity index (χ0v) is 13.9. The number of nitrogens with one attached hydrogen (secondary N) is 1. The van der Waals surface area contributed by atoms with Crippen LogP contribution in [-0.2, 0) is 6.42 Å². The van der Waals surface area contributed by atoms with Gasteiger partial charge in [-0.05, 0) is 57.5 Å². The van der Waals surface area contributed by atoms with Crippen molar-refractivity contribution in [2.45, 2.75) is 38.8 Å². The Kier molecular flexibility index (Phi) is 5.76. The number of aryl methyl sites for hydroxylation is 2. The third-order valence-electron chi connectivity index (χ3n) is 4.87. The summed E-state index contributed by atoms with van der Waals surface area (Å²) in [5, 5.41) is 0. The highest BCUT2D eigenvalue weighted by molar-refractivity contribution is 5.34. The average molecular weight is 290 g/mol. The van der Waals surface area contributed by atoms with Gasteiger partial charge in [-0.2, -0.15) is 0 Å². The maximum Gasteiger partial charge on any atom is 0.0266 e. The number of nitrogens with zero attached hydrogens (tertiary/aromatic N) is 2. The SMILES string of the molecule is Cc1cccc(C)c1CC(CC1CN(C)CCN1C)NN. The molecule has 2 atom stereocenters. The van der Waals surface area contributed by atoms with E-state index in [9.17, 15) is 0 Å². The Morgan fingerprint density at radius 2 is 1.90 bits per heavy atom. The summed E-state index contributed by atoms with van der Waals surface area (Å²) in [7, 11) is 4.43. The van der Waals surface area contributed by atoms with Crippen LogP contribution in [0, 0.1) is 13.8 Å². The van der Waals surface area contributed by atoms with Gasteiger partial charge in [0.1, 0.15) is 0 Å². The van der Waals surface area contributed by atoms with Crippen LogP contribution in [0.15, 0.2) is 18.2 Å². The van der Waals surface area contributed by atoms with Crippen molar-refractivity contribution in [1.82, 2.24) is 15.2 Å². The predicted molar refractivity (Wildman–Crippen MR) is 89.3 cm³/mol. The van der Waals surface area contributed by atoms with Crippen LogP contribution in [0.3, 0.4) is 0 Å². The molecule has 1 fully saturated rings. The fraction of sp³-hybridized carbons (Fsp3) is 0.647. The van der Waals surface area contributed by atoms with E-state index in [0.29, 0.717) is 12.1 Å². The number of nitrogens with two attached hydrogens (primary N) is 1. The minimum absolute atomic E-state index is 0.323. The van der Waals surface area contributed by atoms with Gasteiger partial charge in [0.25, 0.3) is 0 Å². The standard InChI is InChI=1S/C17H30N4/c1-13-6-5-7-14(2)17(13)11-15(19-18)10-16-12-20(3)8-9-21(16)4/h5-7,15-16,19H,8-12,18H2,1-4H3. The van der Waals surface area contributed by atoms with Gasteiger partial charge in [0.05, 0.1) is 0 Å². The van der Waals surface area contributed by atoms with E-state index in [1.165, 1.54) is 16.7 Å². The molecular formula is C17H30N4. The van der Waals surface area contributed by atoms with Gasteiger partial charge >= 0.3 is 0 Å². The highest BCUT2D eigenvalue weighted by atomic mass is 15.3. The molecule has 1 saturated heterocycles. The second kappa shape index (κ2) is 7.36. The first-order chi connectivity index (χ1) is 10.0. The molecule has 0 saturated carbocycles. The third kappa shape index (κ3) is 4.27. The number of likely N-dealkylation sites (N-methyl/N-ethyl adjacent to an activating group) is 2. The summed E-state index contributed by atoms with van der Waals surface area (Å²) < 4.78 is 0. The summed E-state index contributed by atoms with van der Waals surface area (Å²) in [6.45, 7) is 7.81. The van der Waals surface area contributed by atoms with Crippen LogP contribution < -0.4 is 11.3 Å². The minimum atomic E-state index is 0.323. The lowest BCUT2D eigenvalue weighted by Crippen LogP contribution is -2.53. The number of piperazine rings is 1. The first-order valence-corrected chi connectivity index (χ1v) is 7.91. The van der Waals surface area contributed by atoms with E-state index in [4.69, 9.17) is 5.84 Å². The fourth-order valence-corrected chi connectivity index (χ4v) is 3.31. The molecule has 2 rings (SSSR count). The van der Waals surface area contributed by atoms with E-state index in [2.05, 4.69) is 61.4 Å². The first kappa shape index (κ1) is 16.4. The highest BCUT2D eigenvalue weighted by Gasteiger charge is 2.25. The maximum atomic E-state index is 5.84. The van der Waals surface area contributed by atoms with Gasteiger partial charge < -0.3 is 9.80 Å². The molecule has 4 heteroatoms. The smallest absolute Gasteiger partial charge is 0.0266 e. The number of rotatable bonds is 5. The molecule has 0 spiro atoms. The van der Waals surface area contributed by atoms with E-state index in [1.54, 1.807) is 0 Å². The molecule has 21 heavy (non-hydrogen) atoms. The molecule has 0 aliphatic carbocycles. The van der Waals surface area contributed by atoms with Crippen molar-refractivity contribution < 1.29 is 0 Å². The molecule has 1 aromatic carbocycles. The van der Waals surface area contributed by atoms with Crippen molar-refractivity contribution in [3.63, 3.8) is 0 Å². The van der Waals surface area contributed by atoms with E-state index in [1.807, 2.05) is 0 Å². The quantitative estimate of drug-likeness (QED) is 0.634. The van der Waals surface area contributed by atoms with Crippen LogP contribution in [-0.4, -0.2) is 55.6 Å². The predicted octanol–water partition coefficient (Wildman–Crippen LogP) is 1.31. The Hall–Kier alpha value is -0.940. The first-order valence-electron chi connectivity index (χ1n) is 7.91. The normalized spacial score (nSPS) is 22.4. The maximum absolute atomic E-state index is 5.84. The van der Waals surface area contributed by atoms with Gasteiger partial charge in [-0.15, -0.1) is 0 Å². The molecule has 118 valence electrons. The van der Waals surface area contributed by atoms with Crippen molar-refractivity contribution in [2.75, 3.05) is 33.7 Å². The molecule has 3 N–H and O–H groups in total. The van der Waals surface area contributed by atoms with Crippen molar-refractivity contribution in [3.8, 4) is 0 Å². The molecule has 0 amide bonds. The van der Waals surface area contributed by atoms with Gasteiger partial charge in [-0.3, -0.25) is 11.3 Å². The van der Waals surface area contributed by atoms with Crippen molar-refractivity contribution in [2.24, 2.45) is 5.84 Å². The number of hydrogen-bond donors (Lipinski definition) is 2. The van der Waals surface area contributed by atoms with Crippen molar-refractivity contribution in [1.29, 1.82) is 0 Å². The van der Waals surface area contributed by atoms with Crippen molar-refractivity contribution >= 4 is 0 Å². The zero-order valence-electron chi connectivity index (χ0n) is 13.9. The molecule has 2 unspecified atom stereocenters. The van der Waals surface area contributed by atoms with Gasteiger partial charge in [0.2, 0.25) is 0 Å². The molecule has 1 aliphatic heterocycles. The topological polar surface area (TPSA) is 44.5 Å². The third-order valence-corrected chi connectivity index (χ3v) is 4.87. The van der Waals surface area contributed by atoms with Crippen LogP contribution in [0.2, 0.25) is 0 Å². The Morgan fingerprint density at radius 1 is 1.24 bits per heavy atom. The lowest BCUT2D eigenvalue weighted by Gasteiger charge is -2.39. The second-order valence-electron chi connectivity index (χ2n) is 6.57. The Balaban J connectivity index is 2.03. The summed E-state index contributed by atoms with van der Waals surface area (Å²) in [6.07, 6.45) is 2.09. The molecule has 0 aromatic heterocycles. The number of hydrazine groups is 1. The Labute approximate surface area is 129 Å². The average Bonchev–Trinajstić information content (AvgIpc) is 2.45. The van der Waals surface area contributed by atoms with Gasteiger partial charge in [-0.1, -0.05) is 18.2 Å². The lowest BCUT2D eigenvalue weighted by atomic mass is 9.93. The summed E-state index contributed by atoms with van der Waals surface area (Å²) in [5.74, 6) is 5.84. The van der Waals surface area contributed by atoms with Gasteiger partial charge in [-0.25, -0.2) is 0 Å². The zero-order chi connectivity index (χ0) is 15.4. The van der Waals surface area contributed by atoms with E-state index >= 15 is 0 Å². The van der Waals surface area contributed by atoms with Crippen molar-refractivity contribution in [3.05, 3.63) is 34.9 Å². The van der Waals surface area contributed by atoms with E-state index < -0.39 is 0 Å². The molecule has 1 heterocycles. The molecule has 1 aliphatic rings. The molecule has 4 nitrogen and oxygen atoms in total. The molecular weight excluding hydrogens is 260 g/mol. The van der Waals surface area contributed by atoms with E-state index in [-0.39, 0.29) is 0 Å². The minimum Gasteiger partial charge on any atom is -0.304 e. The largest absolute Gasteiger partial charge is 0.304 e. The summed E-state index contributed by atoms with van der Waals surface area (Å²) in [5.41, 5.74) is 7.21. The van der Waals surface area contributed by atoms with Crippen LogP contribution in [0.25, 0.3) is 0 Å². The van der Waals surface area contributed by atoms with E-state index in [0.717, 1.165) is 32.5 Å². The van der Waals surface area contributed by atoms with Crippen LogP contribution in [0.1, 0.15) is 23.1 Å². The molecule has 1 aromatic rings. The molecule has 0 bridgehead atoms. The highest BCUT2D eigenvalue weighted by Crippen LogP contribution is 2.19.